The summed E-state index contributed by atoms with van der Waals surface area (Å²) in [5.41, 5.74) is 6.33. The largest absolute Gasteiger partial charge is 0.366 e. The van der Waals surface area contributed by atoms with Crippen LogP contribution >= 0.6 is 34.8 Å². The molecule has 0 aliphatic heterocycles. The van der Waals surface area contributed by atoms with Crippen LogP contribution in [0.5, 0.6) is 0 Å². The van der Waals surface area contributed by atoms with E-state index in [4.69, 9.17) is 40.5 Å². The number of halogens is 3. The zero-order chi connectivity index (χ0) is 24.2. The Kier molecular flexibility index (Phi) is 7.99. The van der Waals surface area contributed by atoms with E-state index in [1.807, 2.05) is 0 Å². The lowest BCUT2D eigenvalue weighted by Crippen LogP contribution is -2.37. The van der Waals surface area contributed by atoms with Gasteiger partial charge < -0.3 is 11.1 Å². The Balaban J connectivity index is 1.88. The molecule has 2 amide bonds. The summed E-state index contributed by atoms with van der Waals surface area (Å²) in [5, 5.41) is 3.64. The Morgan fingerprint density at radius 2 is 1.48 bits per heavy atom. The molecule has 0 saturated heterocycles. The first-order valence-electron chi connectivity index (χ1n) is 9.45. The van der Waals surface area contributed by atoms with E-state index in [-0.39, 0.29) is 22.0 Å². The molecule has 0 saturated carbocycles. The third-order valence-electron chi connectivity index (χ3n) is 4.59. The van der Waals surface area contributed by atoms with Gasteiger partial charge in [-0.15, -0.1) is 0 Å². The summed E-state index contributed by atoms with van der Waals surface area (Å²) in [6.45, 7) is -0.670. The number of nitrogens with zero attached hydrogens (tertiary/aromatic N) is 1. The molecule has 0 spiro atoms. The number of hydrogen-bond acceptors (Lipinski definition) is 4. The Bertz CT molecular complexity index is 1280. The number of nitrogens with two attached hydrogens (primary N) is 1. The summed E-state index contributed by atoms with van der Waals surface area (Å²) < 4.78 is 27.6. The number of rotatable bonds is 8. The minimum absolute atomic E-state index is 0.0319. The summed E-state index contributed by atoms with van der Waals surface area (Å²) >= 11 is 18.1. The third kappa shape index (κ3) is 6.46. The summed E-state index contributed by atoms with van der Waals surface area (Å²) in [6.07, 6.45) is 0. The molecule has 0 atom stereocenters. The Morgan fingerprint density at radius 1 is 0.879 bits per heavy atom. The second-order valence-corrected chi connectivity index (χ2v) is 10.2. The van der Waals surface area contributed by atoms with E-state index < -0.39 is 28.4 Å². The maximum absolute atomic E-state index is 13.3. The van der Waals surface area contributed by atoms with Gasteiger partial charge >= 0.3 is 0 Å². The zero-order valence-corrected chi connectivity index (χ0v) is 20.0. The van der Waals surface area contributed by atoms with Crippen molar-refractivity contribution in [3.8, 4) is 0 Å². The van der Waals surface area contributed by atoms with Crippen molar-refractivity contribution in [2.45, 2.75) is 11.4 Å². The van der Waals surface area contributed by atoms with E-state index in [9.17, 15) is 18.0 Å². The quantitative estimate of drug-likeness (QED) is 0.448. The number of primary amides is 1. The molecule has 0 fully saturated rings. The fraction of sp³-hybridized carbons (Fsp3) is 0.0909. The number of carbonyl (C=O) groups is 2. The van der Waals surface area contributed by atoms with Gasteiger partial charge in [-0.05, 0) is 66.2 Å². The van der Waals surface area contributed by atoms with Crippen LogP contribution in [0.2, 0.25) is 15.1 Å². The first kappa shape index (κ1) is 25.0. The highest BCUT2D eigenvalue weighted by Crippen LogP contribution is 2.26. The molecule has 0 aromatic heterocycles. The Morgan fingerprint density at radius 3 is 2.06 bits per heavy atom. The van der Waals surface area contributed by atoms with Crippen LogP contribution in [0.4, 0.5) is 5.69 Å². The number of hydrogen-bond donors (Lipinski definition) is 2. The fourth-order valence-corrected chi connectivity index (χ4v) is 4.87. The lowest BCUT2D eigenvalue weighted by Gasteiger charge is -2.22. The number of sulfonamides is 1. The number of carbonyl (C=O) groups excluding carboxylic acids is 2. The molecule has 172 valence electrons. The minimum Gasteiger partial charge on any atom is -0.366 e. The molecule has 3 N–H and O–H groups in total. The van der Waals surface area contributed by atoms with E-state index in [2.05, 4.69) is 5.32 Å². The average molecular weight is 527 g/mol. The number of nitrogens with one attached hydrogen (secondary N) is 1. The van der Waals surface area contributed by atoms with Crippen LogP contribution < -0.4 is 11.1 Å². The number of amides is 2. The van der Waals surface area contributed by atoms with Crippen LogP contribution in [0.15, 0.2) is 71.6 Å². The molecule has 7 nitrogen and oxygen atoms in total. The van der Waals surface area contributed by atoms with Crippen molar-refractivity contribution < 1.29 is 18.0 Å². The van der Waals surface area contributed by atoms with Gasteiger partial charge in [-0.25, -0.2) is 8.42 Å². The van der Waals surface area contributed by atoms with E-state index >= 15 is 0 Å². The topological polar surface area (TPSA) is 110 Å². The Labute approximate surface area is 206 Å². The van der Waals surface area contributed by atoms with Crippen LogP contribution in [0.3, 0.4) is 0 Å². The van der Waals surface area contributed by atoms with Crippen LogP contribution in [0.25, 0.3) is 0 Å². The monoisotopic (exact) mass is 525 g/mol. The standard InChI is InChI=1S/C22H18Cl3N3O4S/c23-16-5-9-19(10-6-16)33(31,32)28(12-15-1-4-17(24)11-20(15)25)13-21(29)27-18-7-2-14(3-8-18)22(26)30/h1-11H,12-13H2,(H2,26,30)(H,27,29). The van der Waals surface area contributed by atoms with Gasteiger partial charge in [0.1, 0.15) is 0 Å². The van der Waals surface area contributed by atoms with Crippen LogP contribution in [-0.2, 0) is 21.4 Å². The average Bonchev–Trinajstić information content (AvgIpc) is 2.75. The first-order valence-corrected chi connectivity index (χ1v) is 12.0. The van der Waals surface area contributed by atoms with Gasteiger partial charge in [0, 0.05) is 32.9 Å². The second-order valence-electron chi connectivity index (χ2n) is 6.95. The highest BCUT2D eigenvalue weighted by atomic mass is 35.5. The smallest absolute Gasteiger partial charge is 0.248 e. The maximum Gasteiger partial charge on any atom is 0.248 e. The molecule has 0 unspecified atom stereocenters. The Hall–Kier alpha value is -2.62. The van der Waals surface area contributed by atoms with E-state index in [1.165, 1.54) is 54.6 Å². The molecule has 3 rings (SSSR count). The predicted octanol–water partition coefficient (Wildman–Crippen LogP) is 4.58. The second kappa shape index (κ2) is 10.5. The molecule has 33 heavy (non-hydrogen) atoms. The van der Waals surface area contributed by atoms with Crippen molar-refractivity contribution in [2.24, 2.45) is 5.73 Å². The highest BCUT2D eigenvalue weighted by molar-refractivity contribution is 7.89. The number of benzene rings is 3. The minimum atomic E-state index is -4.09. The van der Waals surface area contributed by atoms with Crippen molar-refractivity contribution in [1.82, 2.24) is 4.31 Å². The normalized spacial score (nSPS) is 11.4. The lowest BCUT2D eigenvalue weighted by molar-refractivity contribution is -0.116. The van der Waals surface area contributed by atoms with Crippen molar-refractivity contribution in [3.63, 3.8) is 0 Å². The van der Waals surface area contributed by atoms with E-state index in [0.29, 0.717) is 21.3 Å². The molecule has 0 radical (unpaired) electrons. The molecule has 0 bridgehead atoms. The van der Waals surface area contributed by atoms with E-state index in [0.717, 1.165) is 4.31 Å². The molecule has 0 heterocycles. The maximum atomic E-state index is 13.3. The van der Waals surface area contributed by atoms with Gasteiger partial charge in [0.05, 0.1) is 11.4 Å². The SMILES string of the molecule is NC(=O)c1ccc(NC(=O)CN(Cc2ccc(Cl)cc2Cl)S(=O)(=O)c2ccc(Cl)cc2)cc1. The van der Waals surface area contributed by atoms with Gasteiger partial charge in [0.25, 0.3) is 0 Å². The predicted molar refractivity (Wildman–Crippen MR) is 129 cm³/mol. The lowest BCUT2D eigenvalue weighted by atomic mass is 10.2. The molecule has 3 aromatic carbocycles. The summed E-state index contributed by atoms with van der Waals surface area (Å²) in [6, 6.07) is 16.2. The van der Waals surface area contributed by atoms with Crippen molar-refractivity contribution >= 4 is 62.3 Å². The highest BCUT2D eigenvalue weighted by Gasteiger charge is 2.27. The van der Waals surface area contributed by atoms with Gasteiger partial charge in [-0.2, -0.15) is 4.31 Å². The van der Waals surface area contributed by atoms with Crippen LogP contribution in [-0.4, -0.2) is 31.1 Å². The molecular weight excluding hydrogens is 509 g/mol. The number of anilines is 1. The fourth-order valence-electron chi connectivity index (χ4n) is 2.90. The van der Waals surface area contributed by atoms with Gasteiger partial charge in [0.2, 0.25) is 21.8 Å². The van der Waals surface area contributed by atoms with Gasteiger partial charge in [0.15, 0.2) is 0 Å². The summed E-state index contributed by atoms with van der Waals surface area (Å²) in [4.78, 5) is 23.9. The van der Waals surface area contributed by atoms with Crippen LogP contribution in [0, 0.1) is 0 Å². The van der Waals surface area contributed by atoms with Gasteiger partial charge in [-0.1, -0.05) is 40.9 Å². The first-order chi connectivity index (χ1) is 15.6. The van der Waals surface area contributed by atoms with Gasteiger partial charge in [-0.3, -0.25) is 9.59 Å². The van der Waals surface area contributed by atoms with Crippen molar-refractivity contribution in [2.75, 3.05) is 11.9 Å². The molecule has 0 aliphatic carbocycles. The summed E-state index contributed by atoms with van der Waals surface area (Å²) in [7, 11) is -4.09. The van der Waals surface area contributed by atoms with Crippen molar-refractivity contribution in [1.29, 1.82) is 0 Å². The zero-order valence-electron chi connectivity index (χ0n) is 17.0. The molecule has 3 aromatic rings. The molecule has 0 aliphatic rings. The van der Waals surface area contributed by atoms with Crippen LogP contribution in [0.1, 0.15) is 15.9 Å². The molecular formula is C22H18Cl3N3O4S. The summed E-state index contributed by atoms with van der Waals surface area (Å²) in [5.74, 6) is -1.20. The third-order valence-corrected chi connectivity index (χ3v) is 7.23. The van der Waals surface area contributed by atoms with E-state index in [1.54, 1.807) is 12.1 Å². The van der Waals surface area contributed by atoms with Crippen molar-refractivity contribution in [3.05, 3.63) is 92.9 Å². The molecule has 11 heteroatoms.